The maximum absolute atomic E-state index is 10.5. The van der Waals surface area contributed by atoms with Crippen molar-refractivity contribution in [1.82, 2.24) is 10.6 Å². The van der Waals surface area contributed by atoms with Crippen molar-refractivity contribution in [3.8, 4) is 17.2 Å². The Morgan fingerprint density at radius 2 is 1.25 bits per heavy atom. The lowest BCUT2D eigenvalue weighted by Crippen LogP contribution is -3.09. The molecule has 3 aromatic rings. The topological polar surface area (TPSA) is 103 Å². The lowest BCUT2D eigenvalue weighted by Gasteiger charge is -2.37. The molecule has 6 N–H and O–H groups in total. The smallest absolute Gasteiger partial charge is 0.137 e. The Morgan fingerprint density at radius 3 is 1.81 bits per heavy atom. The largest absolute Gasteiger partial charge is 0.508 e. The van der Waals surface area contributed by atoms with Gasteiger partial charge < -0.3 is 36.4 Å². The first-order valence-corrected chi connectivity index (χ1v) is 10.8. The molecule has 0 saturated heterocycles. The van der Waals surface area contributed by atoms with Gasteiger partial charge in [0.15, 0.2) is 0 Å². The summed E-state index contributed by atoms with van der Waals surface area (Å²) in [4.78, 5) is 0. The van der Waals surface area contributed by atoms with Gasteiger partial charge in [0.2, 0.25) is 0 Å². The monoisotopic (exact) mass is 436 g/mol. The number of nitrogens with zero attached hydrogens (tertiary/aromatic N) is 1. The minimum atomic E-state index is -0.330. The summed E-state index contributed by atoms with van der Waals surface area (Å²) in [5.41, 5.74) is 6.84. The normalized spacial score (nSPS) is 12.2. The second kappa shape index (κ2) is 12.1. The van der Waals surface area contributed by atoms with E-state index < -0.39 is 0 Å². The number of nitrogens with one attached hydrogen (secondary N) is 3. The average molecular weight is 437 g/mol. The van der Waals surface area contributed by atoms with Gasteiger partial charge in [0, 0.05) is 31.7 Å². The Bertz CT molecular complexity index is 937. The fraction of sp³-hybridized carbons (Fsp3) is 0.280. The molecule has 1 atom stereocenters. The number of benzene rings is 3. The molecular formula is C25H32N4O3. The Labute approximate surface area is 189 Å². The van der Waals surface area contributed by atoms with Gasteiger partial charge >= 0.3 is 0 Å². The first-order valence-electron chi connectivity index (χ1n) is 10.8. The third-order valence-corrected chi connectivity index (χ3v) is 5.46. The number of hydrogen-bond donors (Lipinski definition) is 6. The predicted molar refractivity (Wildman–Crippen MR) is 126 cm³/mol. The number of quaternary nitrogens is 1. The zero-order valence-corrected chi connectivity index (χ0v) is 18.3. The first-order chi connectivity index (χ1) is 15.6. The van der Waals surface area contributed by atoms with E-state index >= 15 is 0 Å². The molecule has 7 heteroatoms. The van der Waals surface area contributed by atoms with Crippen molar-refractivity contribution in [2.45, 2.75) is 12.6 Å². The standard InChI is InChI=1S/C25H32N4O3/c1-26-29(17-16-27-14-15-28-18-19-8-2-5-11-22(19)30)25(20-9-3-6-12-23(20)31)21-10-4-7-13-24(21)32/h2-13,25,27-32H,14-18H2,1H3. The van der Waals surface area contributed by atoms with Crippen LogP contribution in [0.2, 0.25) is 0 Å². The third-order valence-electron chi connectivity index (χ3n) is 5.46. The summed E-state index contributed by atoms with van der Waals surface area (Å²) < 4.78 is 0. The van der Waals surface area contributed by atoms with Crippen LogP contribution in [0.3, 0.4) is 0 Å². The van der Waals surface area contributed by atoms with Crippen LogP contribution in [0.25, 0.3) is 5.43 Å². The highest BCUT2D eigenvalue weighted by Gasteiger charge is 2.26. The van der Waals surface area contributed by atoms with E-state index in [9.17, 15) is 15.3 Å². The summed E-state index contributed by atoms with van der Waals surface area (Å²) in [7, 11) is 1.75. The summed E-state index contributed by atoms with van der Waals surface area (Å²) in [5, 5.41) is 38.4. The minimum Gasteiger partial charge on any atom is -0.508 e. The van der Waals surface area contributed by atoms with Crippen LogP contribution in [-0.4, -0.2) is 48.5 Å². The first kappa shape index (κ1) is 23.6. The molecule has 7 nitrogen and oxygen atoms in total. The quantitative estimate of drug-likeness (QED) is 0.193. The maximum atomic E-state index is 10.5. The van der Waals surface area contributed by atoms with E-state index in [2.05, 4.69) is 16.1 Å². The van der Waals surface area contributed by atoms with Crippen molar-refractivity contribution in [2.24, 2.45) is 0 Å². The molecule has 0 aliphatic rings. The highest BCUT2D eigenvalue weighted by Crippen LogP contribution is 2.31. The fourth-order valence-electron chi connectivity index (χ4n) is 3.78. The van der Waals surface area contributed by atoms with Crippen molar-refractivity contribution in [3.05, 3.63) is 94.9 Å². The average Bonchev–Trinajstić information content (AvgIpc) is 2.80. The molecule has 170 valence electrons. The highest BCUT2D eigenvalue weighted by atomic mass is 16.3. The van der Waals surface area contributed by atoms with Crippen LogP contribution in [0, 0.1) is 0 Å². The van der Waals surface area contributed by atoms with E-state index in [1.165, 1.54) is 0 Å². The molecule has 0 heterocycles. The van der Waals surface area contributed by atoms with Gasteiger partial charge in [-0.2, -0.15) is 0 Å². The Kier molecular flexibility index (Phi) is 8.89. The lowest BCUT2D eigenvalue weighted by atomic mass is 9.96. The molecule has 32 heavy (non-hydrogen) atoms. The summed E-state index contributed by atoms with van der Waals surface area (Å²) in [6, 6.07) is 21.4. The van der Waals surface area contributed by atoms with E-state index in [4.69, 9.17) is 0 Å². The molecule has 1 unspecified atom stereocenters. The molecule has 0 aromatic heterocycles. The van der Waals surface area contributed by atoms with E-state index in [-0.39, 0.29) is 17.5 Å². The van der Waals surface area contributed by atoms with Crippen molar-refractivity contribution in [1.29, 1.82) is 0 Å². The van der Waals surface area contributed by atoms with Gasteiger partial charge in [0.25, 0.3) is 0 Å². The van der Waals surface area contributed by atoms with Gasteiger partial charge in [-0.1, -0.05) is 42.5 Å². The number of phenolic OH excluding ortho intramolecular Hbond substituents is 3. The Hall–Kier alpha value is -3.10. The second-order valence-corrected chi connectivity index (χ2v) is 7.57. The van der Waals surface area contributed by atoms with Crippen molar-refractivity contribution < 1.29 is 20.3 Å². The van der Waals surface area contributed by atoms with Crippen LogP contribution in [0.5, 0.6) is 17.2 Å². The zero-order chi connectivity index (χ0) is 22.8. The molecule has 3 rings (SSSR count). The molecule has 0 amide bonds. The van der Waals surface area contributed by atoms with E-state index in [1.54, 1.807) is 37.4 Å². The summed E-state index contributed by atoms with van der Waals surface area (Å²) in [6.07, 6.45) is 0. The SMILES string of the molecule is C[N-][NH+](CCNCCNCc1ccccc1O)C(c1ccccc1O)c1ccccc1O. The number of hydrogen-bond acceptors (Lipinski definition) is 5. The van der Waals surface area contributed by atoms with Crippen LogP contribution in [0.15, 0.2) is 72.8 Å². The van der Waals surface area contributed by atoms with Crippen LogP contribution >= 0.6 is 0 Å². The van der Waals surface area contributed by atoms with E-state index in [1.807, 2.05) is 42.5 Å². The molecule has 0 fully saturated rings. The Balaban J connectivity index is 1.56. The third kappa shape index (κ3) is 6.21. The second-order valence-electron chi connectivity index (χ2n) is 7.57. The fourth-order valence-corrected chi connectivity index (χ4v) is 3.78. The molecule has 0 radical (unpaired) electrons. The van der Waals surface area contributed by atoms with Gasteiger partial charge in [-0.05, 0) is 30.3 Å². The van der Waals surface area contributed by atoms with Gasteiger partial charge in [0.05, 0.1) is 17.7 Å². The summed E-state index contributed by atoms with van der Waals surface area (Å²) in [5.74, 6) is 0.669. The van der Waals surface area contributed by atoms with Gasteiger partial charge in [-0.25, -0.2) is 0 Å². The predicted octanol–water partition coefficient (Wildman–Crippen LogP) is 2.08. The number of rotatable bonds is 12. The van der Waals surface area contributed by atoms with Crippen LogP contribution in [0.1, 0.15) is 22.7 Å². The molecule has 0 aliphatic carbocycles. The van der Waals surface area contributed by atoms with Gasteiger partial charge in [-0.15, -0.1) is 7.05 Å². The molecule has 0 saturated carbocycles. The molecular weight excluding hydrogens is 404 g/mol. The summed E-state index contributed by atoms with van der Waals surface area (Å²) >= 11 is 0. The van der Waals surface area contributed by atoms with Crippen LogP contribution in [0.4, 0.5) is 0 Å². The van der Waals surface area contributed by atoms with Crippen molar-refractivity contribution in [3.63, 3.8) is 0 Å². The van der Waals surface area contributed by atoms with E-state index in [0.29, 0.717) is 25.4 Å². The van der Waals surface area contributed by atoms with Crippen LogP contribution in [-0.2, 0) is 6.54 Å². The molecule has 0 bridgehead atoms. The van der Waals surface area contributed by atoms with E-state index in [0.717, 1.165) is 34.8 Å². The van der Waals surface area contributed by atoms with Gasteiger partial charge in [-0.3, -0.25) is 0 Å². The lowest BCUT2D eigenvalue weighted by molar-refractivity contribution is -0.887. The highest BCUT2D eigenvalue weighted by molar-refractivity contribution is 5.44. The molecule has 0 aliphatic heterocycles. The van der Waals surface area contributed by atoms with Crippen LogP contribution < -0.4 is 15.6 Å². The maximum Gasteiger partial charge on any atom is 0.137 e. The van der Waals surface area contributed by atoms with Crippen molar-refractivity contribution >= 4 is 0 Å². The number of aromatic hydroxyl groups is 3. The van der Waals surface area contributed by atoms with Crippen molar-refractivity contribution in [2.75, 3.05) is 33.2 Å². The Morgan fingerprint density at radius 1 is 0.719 bits per heavy atom. The number of phenols is 3. The van der Waals surface area contributed by atoms with Gasteiger partial charge in [0.1, 0.15) is 23.3 Å². The zero-order valence-electron chi connectivity index (χ0n) is 18.3. The summed E-state index contributed by atoms with van der Waals surface area (Å²) in [6.45, 7) is 3.52. The number of para-hydroxylation sites is 3. The molecule has 3 aromatic carbocycles. The minimum absolute atomic E-state index is 0.184. The molecule has 0 spiro atoms.